The van der Waals surface area contributed by atoms with E-state index >= 15 is 0 Å². The molecule has 0 heterocycles. The lowest BCUT2D eigenvalue weighted by molar-refractivity contribution is 0.323. The van der Waals surface area contributed by atoms with E-state index in [1.54, 1.807) is 0 Å². The van der Waals surface area contributed by atoms with Crippen LogP contribution in [-0.2, 0) is 4.43 Å². The fourth-order valence-electron chi connectivity index (χ4n) is 4.48. The third kappa shape index (κ3) is 7.86. The van der Waals surface area contributed by atoms with Crippen LogP contribution in [-0.4, -0.2) is 33.4 Å². The number of hydrogen-bond acceptors (Lipinski definition) is 1. The minimum absolute atomic E-state index is 0.185. The van der Waals surface area contributed by atoms with Crippen molar-refractivity contribution in [3.8, 4) is 0 Å². The standard InChI is InChI=1S/C29H40OP2Si/c1-4-33(5-2,6-3)30-23-26-31(27-17-10-7-11-18-27)24-16-25-32(28-19-12-8-13-20-28)29-21-14-9-15-22-29/h7-15,17-22H,4-6,16,23-26H2,1-3H3. The highest BCUT2D eigenvalue weighted by molar-refractivity contribution is 7.73. The summed E-state index contributed by atoms with van der Waals surface area (Å²) in [5.41, 5.74) is 0. The summed E-state index contributed by atoms with van der Waals surface area (Å²) in [6.07, 6.45) is 5.02. The van der Waals surface area contributed by atoms with Crippen LogP contribution in [0.4, 0.5) is 0 Å². The molecule has 0 aromatic heterocycles. The molecule has 0 aliphatic carbocycles. The summed E-state index contributed by atoms with van der Waals surface area (Å²) in [5, 5.41) is 4.53. The first-order chi connectivity index (χ1) is 16.2. The van der Waals surface area contributed by atoms with E-state index in [-0.39, 0.29) is 15.8 Å². The zero-order valence-corrected chi connectivity index (χ0v) is 23.4. The molecule has 0 amide bonds. The molecule has 0 aliphatic heterocycles. The fraction of sp³-hybridized carbons (Fsp3) is 0.379. The Hall–Kier alpha value is -1.30. The average molecular weight is 495 g/mol. The van der Waals surface area contributed by atoms with E-state index in [9.17, 15) is 0 Å². The molecule has 0 saturated carbocycles. The topological polar surface area (TPSA) is 9.23 Å². The van der Waals surface area contributed by atoms with E-state index in [1.165, 1.54) is 59.0 Å². The quantitative estimate of drug-likeness (QED) is 0.168. The molecule has 1 atom stereocenters. The SMILES string of the molecule is CC[Si](CC)(CC)OCCP(CCCP(c1ccccc1)c1ccccc1)c1ccccc1. The molecular weight excluding hydrogens is 454 g/mol. The maximum Gasteiger partial charge on any atom is 0.191 e. The number of rotatable bonds is 14. The molecule has 0 fully saturated rings. The van der Waals surface area contributed by atoms with Crippen molar-refractivity contribution < 1.29 is 4.43 Å². The van der Waals surface area contributed by atoms with Gasteiger partial charge in [-0.2, -0.15) is 0 Å². The summed E-state index contributed by atoms with van der Waals surface area (Å²) in [5.74, 6) is 0. The molecule has 3 rings (SSSR count). The highest BCUT2D eigenvalue weighted by atomic mass is 31.1. The smallest absolute Gasteiger partial charge is 0.191 e. The zero-order valence-electron chi connectivity index (χ0n) is 20.6. The third-order valence-electron chi connectivity index (χ3n) is 6.77. The maximum atomic E-state index is 6.65. The first kappa shape index (κ1) is 26.3. The van der Waals surface area contributed by atoms with E-state index in [1.807, 2.05) is 0 Å². The Morgan fingerprint density at radius 2 is 1.03 bits per heavy atom. The van der Waals surface area contributed by atoms with Crippen LogP contribution in [0.25, 0.3) is 0 Å². The van der Waals surface area contributed by atoms with Gasteiger partial charge in [0.1, 0.15) is 0 Å². The van der Waals surface area contributed by atoms with Crippen molar-refractivity contribution in [2.75, 3.05) is 25.1 Å². The number of hydrogen-bond donors (Lipinski definition) is 0. The molecule has 1 unspecified atom stereocenters. The lowest BCUT2D eigenvalue weighted by atomic mass is 10.4. The van der Waals surface area contributed by atoms with Crippen LogP contribution in [0.15, 0.2) is 91.0 Å². The van der Waals surface area contributed by atoms with Gasteiger partial charge in [0.15, 0.2) is 8.32 Å². The van der Waals surface area contributed by atoms with Crippen LogP contribution >= 0.6 is 15.8 Å². The molecule has 0 radical (unpaired) electrons. The summed E-state index contributed by atoms with van der Waals surface area (Å²) in [6, 6.07) is 37.2. The van der Waals surface area contributed by atoms with Gasteiger partial charge in [0.05, 0.1) is 0 Å². The van der Waals surface area contributed by atoms with Crippen LogP contribution in [0.5, 0.6) is 0 Å². The van der Waals surface area contributed by atoms with Gasteiger partial charge < -0.3 is 4.43 Å². The molecule has 0 spiro atoms. The summed E-state index contributed by atoms with van der Waals surface area (Å²) in [4.78, 5) is 0. The molecular formula is C29H40OP2Si. The summed E-state index contributed by atoms with van der Waals surface area (Å²) >= 11 is 0. The predicted octanol–water partition coefficient (Wildman–Crippen LogP) is 7.34. The van der Waals surface area contributed by atoms with E-state index < -0.39 is 8.32 Å². The Morgan fingerprint density at radius 3 is 1.48 bits per heavy atom. The van der Waals surface area contributed by atoms with Crippen LogP contribution in [0, 0.1) is 0 Å². The van der Waals surface area contributed by atoms with Crippen LogP contribution in [0.3, 0.4) is 0 Å². The molecule has 3 aromatic carbocycles. The van der Waals surface area contributed by atoms with Crippen molar-refractivity contribution in [3.63, 3.8) is 0 Å². The van der Waals surface area contributed by atoms with Gasteiger partial charge in [-0.3, -0.25) is 0 Å². The Morgan fingerprint density at radius 1 is 0.576 bits per heavy atom. The highest BCUT2D eigenvalue weighted by Crippen LogP contribution is 2.40. The van der Waals surface area contributed by atoms with Crippen LogP contribution < -0.4 is 15.9 Å². The van der Waals surface area contributed by atoms with Gasteiger partial charge in [0.25, 0.3) is 0 Å². The third-order valence-corrected chi connectivity index (χ3v) is 16.7. The van der Waals surface area contributed by atoms with Crippen molar-refractivity contribution in [1.82, 2.24) is 0 Å². The Bertz CT molecular complexity index is 853. The Balaban J connectivity index is 1.67. The molecule has 0 aliphatic rings. The van der Waals surface area contributed by atoms with Crippen molar-refractivity contribution in [3.05, 3.63) is 91.0 Å². The van der Waals surface area contributed by atoms with Crippen molar-refractivity contribution in [1.29, 1.82) is 0 Å². The lowest BCUT2D eigenvalue weighted by Gasteiger charge is -2.29. The predicted molar refractivity (Wildman–Crippen MR) is 154 cm³/mol. The minimum Gasteiger partial charge on any atom is -0.416 e. The Labute approximate surface area is 205 Å². The lowest BCUT2D eigenvalue weighted by Crippen LogP contribution is -2.36. The molecule has 1 nitrogen and oxygen atoms in total. The van der Waals surface area contributed by atoms with Gasteiger partial charge >= 0.3 is 0 Å². The molecule has 176 valence electrons. The first-order valence-corrected chi connectivity index (χ1v) is 18.3. The molecule has 3 aromatic rings. The van der Waals surface area contributed by atoms with E-state index in [0.29, 0.717) is 0 Å². The average Bonchev–Trinajstić information content (AvgIpc) is 2.90. The molecule has 33 heavy (non-hydrogen) atoms. The molecule has 0 N–H and O–H groups in total. The minimum atomic E-state index is -1.51. The zero-order chi connectivity index (χ0) is 23.4. The van der Waals surface area contributed by atoms with Gasteiger partial charge in [-0.1, -0.05) is 120 Å². The van der Waals surface area contributed by atoms with E-state index in [2.05, 4.69) is 112 Å². The molecule has 0 bridgehead atoms. The Kier molecular flexibility index (Phi) is 11.3. The van der Waals surface area contributed by atoms with Crippen molar-refractivity contribution in [2.45, 2.75) is 45.3 Å². The van der Waals surface area contributed by atoms with Crippen LogP contribution in [0.2, 0.25) is 18.1 Å². The fourth-order valence-corrected chi connectivity index (χ4v) is 12.1. The second-order valence-electron chi connectivity index (χ2n) is 8.59. The van der Waals surface area contributed by atoms with E-state index in [0.717, 1.165) is 6.61 Å². The summed E-state index contributed by atoms with van der Waals surface area (Å²) in [6.45, 7) is 7.92. The van der Waals surface area contributed by atoms with Crippen molar-refractivity contribution in [2.24, 2.45) is 0 Å². The number of benzene rings is 3. The summed E-state index contributed by atoms with van der Waals surface area (Å²) in [7, 11) is -2.00. The normalized spacial score (nSPS) is 12.7. The first-order valence-electron chi connectivity index (χ1n) is 12.5. The maximum absolute atomic E-state index is 6.65. The van der Waals surface area contributed by atoms with Gasteiger partial charge in [-0.25, -0.2) is 0 Å². The van der Waals surface area contributed by atoms with Gasteiger partial charge in [-0.05, 0) is 66.9 Å². The van der Waals surface area contributed by atoms with Gasteiger partial charge in [0, 0.05) is 6.61 Å². The monoisotopic (exact) mass is 494 g/mol. The van der Waals surface area contributed by atoms with E-state index in [4.69, 9.17) is 4.43 Å². The van der Waals surface area contributed by atoms with Gasteiger partial charge in [0.2, 0.25) is 0 Å². The van der Waals surface area contributed by atoms with Crippen molar-refractivity contribution >= 4 is 40.1 Å². The largest absolute Gasteiger partial charge is 0.416 e. The van der Waals surface area contributed by atoms with Gasteiger partial charge in [-0.15, -0.1) is 0 Å². The second kappa shape index (κ2) is 14.2. The highest BCUT2D eigenvalue weighted by Gasteiger charge is 2.28. The summed E-state index contributed by atoms with van der Waals surface area (Å²) < 4.78 is 6.65. The second-order valence-corrected chi connectivity index (χ2v) is 18.2. The van der Waals surface area contributed by atoms with Crippen LogP contribution in [0.1, 0.15) is 27.2 Å². The molecule has 4 heteroatoms. The molecule has 0 saturated heterocycles.